The summed E-state index contributed by atoms with van der Waals surface area (Å²) >= 11 is 0. The molecule has 12 N–H and O–H groups in total. The molecule has 0 saturated heterocycles. The van der Waals surface area contributed by atoms with Gasteiger partial charge >= 0.3 is 11.9 Å². The predicted molar refractivity (Wildman–Crippen MR) is 117 cm³/mol. The molecular weight excluding hydrogens is 454 g/mol. The van der Waals surface area contributed by atoms with Gasteiger partial charge in [0.2, 0.25) is 17.7 Å². The largest absolute Gasteiger partial charge is 0.481 e. The van der Waals surface area contributed by atoms with Crippen LogP contribution in [0.2, 0.25) is 0 Å². The van der Waals surface area contributed by atoms with E-state index in [0.717, 1.165) is 0 Å². The van der Waals surface area contributed by atoms with Crippen LogP contribution in [0.15, 0.2) is 17.5 Å². The lowest BCUT2D eigenvalue weighted by atomic mass is 10.1. The highest BCUT2D eigenvalue weighted by Crippen LogP contribution is 2.02. The molecule has 0 radical (unpaired) electrons. The lowest BCUT2D eigenvalue weighted by Crippen LogP contribution is -2.54. The molecule has 34 heavy (non-hydrogen) atoms. The molecule has 0 aliphatic heterocycles. The van der Waals surface area contributed by atoms with Crippen molar-refractivity contribution in [2.45, 2.75) is 43.8 Å². The summed E-state index contributed by atoms with van der Waals surface area (Å²) < 4.78 is 0. The third-order valence-electron chi connectivity index (χ3n) is 4.34. The van der Waals surface area contributed by atoms with Crippen LogP contribution in [0.1, 0.15) is 25.0 Å². The summed E-state index contributed by atoms with van der Waals surface area (Å²) in [5.74, 6) is -5.46. The summed E-state index contributed by atoms with van der Waals surface area (Å²) in [6.07, 6.45) is 2.45. The van der Waals surface area contributed by atoms with Crippen molar-refractivity contribution in [2.75, 3.05) is 13.1 Å². The maximum absolute atomic E-state index is 12.5. The molecule has 16 heteroatoms. The number of hydrogen-bond acceptors (Lipinski definition) is 8. The molecule has 16 nitrogen and oxygen atoms in total. The summed E-state index contributed by atoms with van der Waals surface area (Å²) in [6, 6.07) is -3.91. The maximum atomic E-state index is 12.5. The second-order valence-corrected chi connectivity index (χ2v) is 7.17. The molecular formula is C18H29N9O7. The van der Waals surface area contributed by atoms with Crippen molar-refractivity contribution in [3.05, 3.63) is 18.2 Å². The fourth-order valence-corrected chi connectivity index (χ4v) is 2.69. The van der Waals surface area contributed by atoms with Gasteiger partial charge in [0.1, 0.15) is 12.1 Å². The number of carbonyl (C=O) groups excluding carboxylic acids is 3. The van der Waals surface area contributed by atoms with Crippen LogP contribution in [-0.2, 0) is 30.4 Å². The van der Waals surface area contributed by atoms with E-state index in [1.54, 1.807) is 0 Å². The first-order valence-corrected chi connectivity index (χ1v) is 10.1. The van der Waals surface area contributed by atoms with Gasteiger partial charge in [-0.05, 0) is 12.8 Å². The van der Waals surface area contributed by atoms with Crippen LogP contribution >= 0.6 is 0 Å². The fourth-order valence-electron chi connectivity index (χ4n) is 2.69. The number of H-pyrrole nitrogens is 1. The highest BCUT2D eigenvalue weighted by Gasteiger charge is 2.28. The number of nitrogens with one attached hydrogen (secondary N) is 4. The van der Waals surface area contributed by atoms with Gasteiger partial charge in [0.25, 0.3) is 0 Å². The molecule has 188 valence electrons. The number of hydrogen-bond donors (Lipinski definition) is 9. The molecule has 1 rings (SSSR count). The molecule has 1 aromatic rings. The zero-order valence-electron chi connectivity index (χ0n) is 18.2. The van der Waals surface area contributed by atoms with E-state index >= 15 is 0 Å². The van der Waals surface area contributed by atoms with Crippen LogP contribution in [0, 0.1) is 0 Å². The maximum Gasteiger partial charge on any atom is 0.326 e. The number of carboxylic acids is 2. The number of aliphatic carboxylic acids is 2. The molecule has 0 aliphatic rings. The number of aromatic nitrogens is 2. The smallest absolute Gasteiger partial charge is 0.326 e. The van der Waals surface area contributed by atoms with Crippen LogP contribution in [0.25, 0.3) is 0 Å². The number of imidazole rings is 1. The minimum atomic E-state index is -1.71. The van der Waals surface area contributed by atoms with E-state index in [1.807, 2.05) is 0 Å². The molecule has 0 bridgehead atoms. The van der Waals surface area contributed by atoms with E-state index in [2.05, 4.69) is 30.9 Å². The average molecular weight is 483 g/mol. The zero-order valence-corrected chi connectivity index (χ0v) is 18.2. The Morgan fingerprint density at radius 1 is 1.09 bits per heavy atom. The van der Waals surface area contributed by atoms with Gasteiger partial charge in [-0.2, -0.15) is 0 Å². The standard InChI is InChI=1S/C18H29N9O7/c19-10(4-9-6-22-8-25-9)15(31)24-7-13(28)26-11(2-1-3-23-18(20)21)16(32)27-12(17(33)34)5-14(29)30/h6,8,10-12H,1-5,7,19H2,(H,22,25)(H,24,31)(H,26,28)(H,27,32)(H,29,30)(H,33,34)(H4,20,21,23). The van der Waals surface area contributed by atoms with Crippen molar-refractivity contribution in [3.8, 4) is 0 Å². The number of aromatic amines is 1. The molecule has 0 fully saturated rings. The van der Waals surface area contributed by atoms with Gasteiger partial charge in [-0.25, -0.2) is 9.78 Å². The van der Waals surface area contributed by atoms with Crippen LogP contribution < -0.4 is 33.2 Å². The van der Waals surface area contributed by atoms with Crippen molar-refractivity contribution in [3.63, 3.8) is 0 Å². The Balaban J connectivity index is 2.70. The Morgan fingerprint density at radius 3 is 2.35 bits per heavy atom. The number of rotatable bonds is 15. The van der Waals surface area contributed by atoms with Gasteiger partial charge in [0, 0.05) is 24.9 Å². The number of carbonyl (C=O) groups is 5. The minimum absolute atomic E-state index is 0.00104. The summed E-state index contributed by atoms with van der Waals surface area (Å²) in [5, 5.41) is 24.7. The first-order chi connectivity index (χ1) is 16.0. The number of carboxylic acid groups (broad SMARTS) is 2. The third kappa shape index (κ3) is 10.9. The highest BCUT2D eigenvalue weighted by atomic mass is 16.4. The third-order valence-corrected chi connectivity index (χ3v) is 4.34. The summed E-state index contributed by atoms with van der Waals surface area (Å²) in [6.45, 7) is -0.386. The normalized spacial score (nSPS) is 13.1. The number of amides is 3. The molecule has 1 heterocycles. The predicted octanol–water partition coefficient (Wildman–Crippen LogP) is -4.02. The van der Waals surface area contributed by atoms with Gasteiger partial charge < -0.3 is 48.3 Å². The first-order valence-electron chi connectivity index (χ1n) is 10.1. The number of nitrogens with zero attached hydrogens (tertiary/aromatic N) is 2. The Morgan fingerprint density at radius 2 is 1.79 bits per heavy atom. The minimum Gasteiger partial charge on any atom is -0.481 e. The van der Waals surface area contributed by atoms with Crippen LogP contribution in [-0.4, -0.2) is 87.0 Å². The van der Waals surface area contributed by atoms with Crippen molar-refractivity contribution < 1.29 is 34.2 Å². The Hall–Kier alpha value is -4.21. The van der Waals surface area contributed by atoms with Gasteiger partial charge in [-0.3, -0.25) is 24.2 Å². The summed E-state index contributed by atoms with van der Waals surface area (Å²) in [5.41, 5.74) is 16.9. The second-order valence-electron chi connectivity index (χ2n) is 7.17. The van der Waals surface area contributed by atoms with Crippen LogP contribution in [0.4, 0.5) is 0 Å². The Labute approximate surface area is 193 Å². The Bertz CT molecular complexity index is 884. The van der Waals surface area contributed by atoms with Gasteiger partial charge in [-0.1, -0.05) is 0 Å². The molecule has 0 saturated carbocycles. The summed E-state index contributed by atoms with van der Waals surface area (Å²) in [7, 11) is 0. The van der Waals surface area contributed by atoms with E-state index in [9.17, 15) is 24.0 Å². The SMILES string of the molecule is NC(N)=NCCCC(NC(=O)CNC(=O)C(N)Cc1cnc[nH]1)C(=O)NC(CC(=O)O)C(=O)O. The topological polar surface area (TPSA) is 281 Å². The fraction of sp³-hybridized carbons (Fsp3) is 0.500. The Kier molecular flexibility index (Phi) is 11.5. The van der Waals surface area contributed by atoms with Crippen molar-refractivity contribution in [1.82, 2.24) is 25.9 Å². The van der Waals surface area contributed by atoms with E-state index in [0.29, 0.717) is 5.69 Å². The molecule has 0 aliphatic carbocycles. The monoisotopic (exact) mass is 483 g/mol. The lowest BCUT2D eigenvalue weighted by Gasteiger charge is -2.21. The zero-order chi connectivity index (χ0) is 25.7. The van der Waals surface area contributed by atoms with Gasteiger partial charge in [0.05, 0.1) is 25.3 Å². The van der Waals surface area contributed by atoms with Crippen molar-refractivity contribution >= 4 is 35.6 Å². The molecule has 3 unspecified atom stereocenters. The van der Waals surface area contributed by atoms with Crippen LogP contribution in [0.3, 0.4) is 0 Å². The average Bonchev–Trinajstić information content (AvgIpc) is 3.25. The molecule has 0 spiro atoms. The number of guanidine groups is 1. The van der Waals surface area contributed by atoms with E-state index in [-0.39, 0.29) is 31.8 Å². The van der Waals surface area contributed by atoms with Gasteiger partial charge in [-0.15, -0.1) is 0 Å². The molecule has 3 atom stereocenters. The lowest BCUT2D eigenvalue weighted by molar-refractivity contribution is -0.147. The highest BCUT2D eigenvalue weighted by molar-refractivity contribution is 5.93. The number of aliphatic imine (C=N–C) groups is 1. The van der Waals surface area contributed by atoms with Crippen molar-refractivity contribution in [2.24, 2.45) is 22.2 Å². The summed E-state index contributed by atoms with van der Waals surface area (Å²) in [4.78, 5) is 69.4. The van der Waals surface area contributed by atoms with Gasteiger partial charge in [0.15, 0.2) is 5.96 Å². The number of nitrogens with two attached hydrogens (primary N) is 3. The van der Waals surface area contributed by atoms with Crippen LogP contribution in [0.5, 0.6) is 0 Å². The molecule has 3 amide bonds. The van der Waals surface area contributed by atoms with E-state index < -0.39 is 60.8 Å². The quantitative estimate of drug-likeness (QED) is 0.0657. The van der Waals surface area contributed by atoms with E-state index in [1.165, 1.54) is 12.5 Å². The van der Waals surface area contributed by atoms with E-state index in [4.69, 9.17) is 27.4 Å². The second kappa shape index (κ2) is 14.0. The first kappa shape index (κ1) is 27.8. The van der Waals surface area contributed by atoms with Crippen molar-refractivity contribution in [1.29, 1.82) is 0 Å². The molecule has 1 aromatic heterocycles. The molecule has 0 aromatic carbocycles.